The van der Waals surface area contributed by atoms with Crippen molar-refractivity contribution >= 4 is 143 Å². The summed E-state index contributed by atoms with van der Waals surface area (Å²) < 4.78 is 30.3. The lowest BCUT2D eigenvalue weighted by atomic mass is 9.72. The monoisotopic (exact) mass is 1770 g/mol. The molecule has 5 aromatic rings. The van der Waals surface area contributed by atoms with Crippen LogP contribution >= 0.6 is 54.8 Å². The number of unbranched alkanes of at least 4 members (excludes halogenated alkanes) is 1. The van der Waals surface area contributed by atoms with E-state index in [-0.39, 0.29) is 91.7 Å². The number of primary amides is 1. The average molecular weight is 1770 g/mol. The third-order valence-electron chi connectivity index (χ3n) is 21.6. The number of hydrogen-bond donors (Lipinski definition) is 14. The number of likely N-dealkylation sites (N-methyl/N-ethyl adjacent to an activating group) is 1. The molecule has 6 heterocycles. The Labute approximate surface area is 723 Å². The number of halogens is 1. The number of carbonyl (C=O) groups is 12. The number of hydrogen-bond acceptors (Lipinski definition) is 25. The molecule has 1 aromatic heterocycles. The molecule has 0 radical (unpaired) electrons. The van der Waals surface area contributed by atoms with Crippen LogP contribution in [0.2, 0.25) is 5.02 Å². The molecule has 38 heteroatoms. The second-order valence-electron chi connectivity index (χ2n) is 30.9. The van der Waals surface area contributed by atoms with Gasteiger partial charge in [0, 0.05) is 93.4 Å². The maximum absolute atomic E-state index is 15.1. The predicted molar refractivity (Wildman–Crippen MR) is 464 cm³/mol. The minimum Gasteiger partial charge on any atom is -0.508 e. The molecule has 3 saturated heterocycles. The first kappa shape index (κ1) is 95.3. The van der Waals surface area contributed by atoms with E-state index in [9.17, 15) is 58.2 Å². The summed E-state index contributed by atoms with van der Waals surface area (Å²) in [5, 5.41) is 44.1. The van der Waals surface area contributed by atoms with Gasteiger partial charge in [0.1, 0.15) is 88.3 Å². The third kappa shape index (κ3) is 26.2. The summed E-state index contributed by atoms with van der Waals surface area (Å²) in [5.74, 6) is -9.85. The number of anilines is 1. The van der Waals surface area contributed by atoms with Crippen molar-refractivity contribution in [1.29, 1.82) is 0 Å². The second-order valence-corrected chi connectivity index (χ2v) is 36.4. The number of para-hydroxylation sites is 1. The van der Waals surface area contributed by atoms with E-state index in [0.717, 1.165) is 54.3 Å². The molecule has 121 heavy (non-hydrogen) atoms. The number of aromatic nitrogens is 1. The normalized spacial score (nSPS) is 26.0. The number of H-pyrrole nitrogens is 1. The molecule has 0 spiro atoms. The molecule has 16 atom stereocenters. The molecule has 4 aromatic carbocycles. The number of allylic oxidation sites excluding steroid dienone is 3. The topological polar surface area (TPSA) is 488 Å². The number of nitrogens with two attached hydrogens (primary N) is 3. The van der Waals surface area contributed by atoms with Gasteiger partial charge in [-0.2, -0.15) is 0 Å². The van der Waals surface area contributed by atoms with Crippen molar-refractivity contribution in [3.63, 3.8) is 0 Å². The molecule has 5 aliphatic rings. The summed E-state index contributed by atoms with van der Waals surface area (Å²) in [4.78, 5) is 179. The molecule has 0 saturated carbocycles. The SMILES string of the molecule is COc1cc2cc(c1Cl)N(C)C(=O)C[C@H](OC(=O)[C@H](C)N(C)C(=O)CCSSC[C@H](NC(=O)[C@@H]1CSSC[C@H](NC(=O)[C@H](N)Cc3ccccc3)C(=O)N[C@@H](Cc3ccc(O)cc3)C(=O)N[C@H](Cc3c[nH]c4ccccc34)C(=O)N[C@@H](CCCCN)C(=O)N[C@@H]([C@@H](C)O)C(=O)N1)C(N)=O)[C@@]1(C)CC(C)(O1)[C@@H]1CC(NC(=O)O1)[C@H](OC)/C=C/C=C(\C)C2. The number of aliphatic hydroxyl groups excluding tert-OH is 1. The van der Waals surface area contributed by atoms with Crippen LogP contribution in [0.4, 0.5) is 10.5 Å². The van der Waals surface area contributed by atoms with Crippen molar-refractivity contribution in [2.45, 2.75) is 201 Å². The zero-order valence-corrected chi connectivity index (χ0v) is 72.9. The Morgan fingerprint density at radius 2 is 1.49 bits per heavy atom. The van der Waals surface area contributed by atoms with Gasteiger partial charge in [-0.15, -0.1) is 0 Å². The smallest absolute Gasteiger partial charge is 0.407 e. The highest BCUT2D eigenvalue weighted by Crippen LogP contribution is 2.50. The van der Waals surface area contributed by atoms with Crippen molar-refractivity contribution < 1.29 is 91.4 Å². The van der Waals surface area contributed by atoms with Crippen molar-refractivity contribution in [1.82, 2.24) is 52.4 Å². The van der Waals surface area contributed by atoms with E-state index in [1.807, 2.05) is 37.3 Å². The number of aromatic amines is 1. The number of carbonyl (C=O) groups excluding carboxylic acids is 12. The molecular weight excluding hydrogens is 1660 g/mol. The van der Waals surface area contributed by atoms with Crippen LogP contribution in [0.1, 0.15) is 102 Å². The third-order valence-corrected chi connectivity index (χ3v) is 26.8. The van der Waals surface area contributed by atoms with E-state index in [1.165, 1.54) is 76.2 Å². The lowest BCUT2D eigenvalue weighted by molar-refractivity contribution is -0.322. The quantitative estimate of drug-likeness (QED) is 0.0200. The minimum absolute atomic E-state index is 0.0567. The van der Waals surface area contributed by atoms with E-state index >= 15 is 9.59 Å². The molecule has 10 rings (SSSR count). The van der Waals surface area contributed by atoms with Crippen LogP contribution < -0.4 is 69.4 Å². The molecule has 3 fully saturated rings. The van der Waals surface area contributed by atoms with E-state index < -0.39 is 174 Å². The first-order chi connectivity index (χ1) is 57.6. The molecule has 2 unspecified atom stereocenters. The van der Waals surface area contributed by atoms with Crippen molar-refractivity contribution in [3.8, 4) is 11.5 Å². The molecule has 11 amide bonds. The van der Waals surface area contributed by atoms with Crippen LogP contribution in [0.5, 0.6) is 11.5 Å². The van der Waals surface area contributed by atoms with Crippen LogP contribution in [0.25, 0.3) is 10.9 Å². The van der Waals surface area contributed by atoms with Crippen LogP contribution in [0, 0.1) is 0 Å². The van der Waals surface area contributed by atoms with Gasteiger partial charge >= 0.3 is 12.1 Å². The van der Waals surface area contributed by atoms with Crippen molar-refractivity contribution in [2.24, 2.45) is 17.2 Å². The number of alkyl carbamates (subject to hydrolysis) is 1. The number of rotatable bonds is 27. The van der Waals surface area contributed by atoms with Gasteiger partial charge in [-0.1, -0.05) is 139 Å². The fourth-order valence-electron chi connectivity index (χ4n) is 14.6. The number of phenolic OH excluding ortho intramolecular Hbond substituents is 1. The number of amides is 11. The molecule has 0 aliphatic carbocycles. The van der Waals surface area contributed by atoms with Gasteiger partial charge in [0.15, 0.2) is 0 Å². The maximum Gasteiger partial charge on any atom is 0.407 e. The second kappa shape index (κ2) is 44.5. The van der Waals surface area contributed by atoms with Crippen molar-refractivity contribution in [2.75, 3.05) is 62.8 Å². The molecule has 5 aliphatic heterocycles. The zero-order chi connectivity index (χ0) is 88.0. The highest BCUT2D eigenvalue weighted by Gasteiger charge is 2.62. The number of fused-ring (bicyclic) bond motifs is 7. The number of methoxy groups -OCH3 is 2. The van der Waals surface area contributed by atoms with E-state index in [0.29, 0.717) is 51.9 Å². The Hall–Kier alpha value is -9.57. The summed E-state index contributed by atoms with van der Waals surface area (Å²) in [5.41, 5.74) is 20.3. The van der Waals surface area contributed by atoms with E-state index in [4.69, 9.17) is 52.5 Å². The Balaban J connectivity index is 0.908. The summed E-state index contributed by atoms with van der Waals surface area (Å²) in [6, 6.07) is 11.7. The summed E-state index contributed by atoms with van der Waals surface area (Å²) in [6.45, 7) is 8.25. The lowest BCUT2D eigenvalue weighted by Gasteiger charge is -2.58. The molecule has 6 bridgehead atoms. The summed E-state index contributed by atoms with van der Waals surface area (Å²) >= 11 is 6.90. The van der Waals surface area contributed by atoms with Gasteiger partial charge in [-0.05, 0) is 126 Å². The van der Waals surface area contributed by atoms with Crippen LogP contribution in [-0.4, -0.2) is 245 Å². The molecular formula is C83H109ClN14O19S4. The fraction of sp³-hybridized carbons (Fsp3) is 0.494. The number of aliphatic hydroxyl groups is 1. The standard InChI is InChI=1S/C83H109ClN14O19S4/c1-45-18-17-24-64(113-8)57-38-66(116-81(112)95-57)82(4)44-83(5,117-82)67(39-69(102)98(7)63-35-50(32-45)36-65(114-9)70(63)84)115-80(111)46(2)97(6)68(101)29-31-118-119-41-60(72(87)103)92-78(109)62-43-121-120-42-61(93-73(104)54(86)33-48-19-11-10-12-20-48)77(108)90-58(34-49-25-27-52(100)28-26-49)75(106)91-59(37-51-40-88-55-22-14-13-21-53(51)55)76(107)89-56(23-15-16-30-85)74(105)96-71(47(3)99)79(110)94-62/h10-14,17-22,24-28,35-36,40,46-47,54,56-62,64,66-67,71,88,99-100H,15-16,23,29-34,37-39,41-44,85-86H2,1-9H3,(H2,87,103)(H,89,107)(H,90,108)(H,91,106)(H,92,109)(H,93,104)(H,94,110)(H,95,112)(H,96,105)/b24-17+,45-18+/t46-,47+,54+,56-,57?,58-,59+,60-,61-,62-,64+,66-,67-,71-,82?,83+/m0/s1. The van der Waals surface area contributed by atoms with Gasteiger partial charge in [-0.3, -0.25) is 47.9 Å². The number of ether oxygens (including phenoxy) is 5. The van der Waals surface area contributed by atoms with Crippen molar-refractivity contribution in [3.05, 3.63) is 148 Å². The Morgan fingerprint density at radius 1 is 0.818 bits per heavy atom. The van der Waals surface area contributed by atoms with Gasteiger partial charge in [0.05, 0.1) is 43.5 Å². The zero-order valence-electron chi connectivity index (χ0n) is 68.8. The summed E-state index contributed by atoms with van der Waals surface area (Å²) in [7, 11) is 9.98. The van der Waals surface area contributed by atoms with E-state index in [1.54, 1.807) is 74.6 Å². The van der Waals surface area contributed by atoms with Gasteiger partial charge in [-0.25, -0.2) is 9.59 Å². The number of phenols is 1. The predicted octanol–water partition coefficient (Wildman–Crippen LogP) is 4.14. The minimum atomic E-state index is -1.81. The number of nitrogens with one attached hydrogen (secondary N) is 9. The number of aromatic hydroxyl groups is 1. The van der Waals surface area contributed by atoms with Gasteiger partial charge in [0.25, 0.3) is 0 Å². The Morgan fingerprint density at radius 3 is 2.17 bits per heavy atom. The van der Waals surface area contributed by atoms with Gasteiger partial charge in [0.2, 0.25) is 59.1 Å². The van der Waals surface area contributed by atoms with E-state index in [2.05, 4.69) is 47.5 Å². The Bertz CT molecular complexity index is 4580. The van der Waals surface area contributed by atoms with Gasteiger partial charge < -0.3 is 108 Å². The molecule has 33 nitrogen and oxygen atoms in total. The highest BCUT2D eigenvalue weighted by atomic mass is 35.5. The first-order valence-corrected chi connectivity index (χ1v) is 45.0. The van der Waals surface area contributed by atoms with Crippen LogP contribution in [0.15, 0.2) is 121 Å². The number of benzene rings is 4. The lowest BCUT2D eigenvalue weighted by Crippen LogP contribution is -2.70. The maximum atomic E-state index is 15.1. The Kier molecular flexibility index (Phi) is 35.0. The van der Waals surface area contributed by atoms with Crippen LogP contribution in [0.3, 0.4) is 0 Å². The summed E-state index contributed by atoms with van der Waals surface area (Å²) in [6.07, 6.45) is 2.76. The fourth-order valence-corrected chi connectivity index (χ4v) is 19.4. The number of esters is 1. The highest BCUT2D eigenvalue weighted by molar-refractivity contribution is 8.77. The number of nitrogens with zero attached hydrogens (tertiary/aromatic N) is 2. The molecule has 656 valence electrons. The largest absolute Gasteiger partial charge is 0.508 e. The van der Waals surface area contributed by atoms with Crippen LogP contribution in [-0.2, 0) is 97.4 Å². The first-order valence-electron chi connectivity index (χ1n) is 39.7. The molecule has 17 N–H and O–H groups in total. The average Bonchev–Trinajstić information content (AvgIpc) is 1.00.